The molecule has 0 N–H and O–H groups in total. The maximum absolute atomic E-state index is 6.06. The van der Waals surface area contributed by atoms with E-state index in [-0.39, 0.29) is 0 Å². The highest BCUT2D eigenvalue weighted by molar-refractivity contribution is 7.99. The van der Waals surface area contributed by atoms with Gasteiger partial charge in [-0.2, -0.15) is 0 Å². The molecule has 2 aromatic rings. The summed E-state index contributed by atoms with van der Waals surface area (Å²) in [6.45, 7) is 0. The number of hydrogen-bond acceptors (Lipinski definition) is 1. The highest BCUT2D eigenvalue weighted by Gasteiger charge is 2.14. The minimum absolute atomic E-state index is 0.710. The molecule has 0 fully saturated rings. The highest BCUT2D eigenvalue weighted by atomic mass is 35.5. The summed E-state index contributed by atoms with van der Waals surface area (Å²) in [7, 11) is 0. The first-order valence-electron chi connectivity index (χ1n) is 5.53. The first-order valence-corrected chi connectivity index (χ1v) is 6.72. The van der Waals surface area contributed by atoms with E-state index < -0.39 is 0 Å². The Morgan fingerprint density at radius 2 is 1.89 bits per heavy atom. The van der Waals surface area contributed by atoms with Gasteiger partial charge in [-0.3, -0.25) is 0 Å². The van der Waals surface area contributed by atoms with Crippen molar-refractivity contribution in [3.63, 3.8) is 0 Å². The van der Waals surface area contributed by atoms with Gasteiger partial charge in [0.25, 0.3) is 0 Å². The Kier molecular flexibility index (Phi) is 2.91. The van der Waals surface area contributed by atoms with Gasteiger partial charge in [-0.25, -0.2) is 0 Å². The van der Waals surface area contributed by atoms with Crippen molar-refractivity contribution in [2.24, 2.45) is 0 Å². The summed E-state index contributed by atoms with van der Waals surface area (Å²) in [4.78, 5) is 2.36. The van der Waals surface area contributed by atoms with Gasteiger partial charge in [0.15, 0.2) is 0 Å². The number of allylic oxidation sites excluding steroid dienone is 1. The topological polar surface area (TPSA) is 0 Å². The molecule has 86 valence electrons. The fourth-order valence-corrected chi connectivity index (χ4v) is 3.18. The standard InChI is InChI=1S/C16H9ClS/c1-2-11-9-12-5-3-4-6-15(12)18-16-8-7-13(17)10-14(11)16/h1,3-10H. The van der Waals surface area contributed by atoms with Crippen molar-refractivity contribution < 1.29 is 0 Å². The predicted molar refractivity (Wildman–Crippen MR) is 78.7 cm³/mol. The quantitative estimate of drug-likeness (QED) is 0.607. The molecule has 0 unspecified atom stereocenters. The van der Waals surface area contributed by atoms with Gasteiger partial charge >= 0.3 is 0 Å². The zero-order valence-electron chi connectivity index (χ0n) is 9.48. The van der Waals surface area contributed by atoms with Gasteiger partial charge in [0.1, 0.15) is 0 Å². The Labute approximate surface area is 116 Å². The molecule has 1 heterocycles. The average molecular weight is 269 g/mol. The van der Waals surface area contributed by atoms with Crippen LogP contribution in [0.25, 0.3) is 11.6 Å². The second-order valence-corrected chi connectivity index (χ2v) is 5.50. The molecule has 0 aliphatic carbocycles. The minimum Gasteiger partial charge on any atom is -0.115 e. The van der Waals surface area contributed by atoms with Gasteiger partial charge in [0.05, 0.1) is 0 Å². The summed E-state index contributed by atoms with van der Waals surface area (Å²) in [6, 6.07) is 14.1. The third-order valence-corrected chi connectivity index (χ3v) is 4.23. The largest absolute Gasteiger partial charge is 0.115 e. The number of hydrogen-bond donors (Lipinski definition) is 0. The molecule has 0 radical (unpaired) electrons. The number of rotatable bonds is 0. The van der Waals surface area contributed by atoms with E-state index in [2.05, 4.69) is 18.1 Å². The van der Waals surface area contributed by atoms with Crippen LogP contribution in [0.1, 0.15) is 11.1 Å². The summed E-state index contributed by atoms with van der Waals surface area (Å²) in [5, 5.41) is 0.710. The molecular weight excluding hydrogens is 260 g/mol. The monoisotopic (exact) mass is 268 g/mol. The fourth-order valence-electron chi connectivity index (χ4n) is 1.97. The summed E-state index contributed by atoms with van der Waals surface area (Å²) >= 11 is 7.78. The van der Waals surface area contributed by atoms with Gasteiger partial charge in [-0.05, 0) is 35.9 Å². The van der Waals surface area contributed by atoms with Crippen LogP contribution in [-0.4, -0.2) is 0 Å². The third-order valence-electron chi connectivity index (χ3n) is 2.83. The Morgan fingerprint density at radius 3 is 2.72 bits per heavy atom. The zero-order chi connectivity index (χ0) is 12.5. The minimum atomic E-state index is 0.710. The van der Waals surface area contributed by atoms with Crippen LogP contribution < -0.4 is 0 Å². The van der Waals surface area contributed by atoms with Crippen LogP contribution in [0.3, 0.4) is 0 Å². The van der Waals surface area contributed by atoms with E-state index in [1.54, 1.807) is 11.8 Å². The van der Waals surface area contributed by atoms with Crippen molar-refractivity contribution in [2.75, 3.05) is 0 Å². The molecule has 0 saturated carbocycles. The van der Waals surface area contributed by atoms with E-state index in [0.29, 0.717) is 5.02 Å². The molecular formula is C16H9ClS. The lowest BCUT2D eigenvalue weighted by atomic mass is 10.0. The predicted octanol–water partition coefficient (Wildman–Crippen LogP) is 4.98. The molecule has 0 amide bonds. The average Bonchev–Trinajstić information content (AvgIpc) is 2.54. The summed E-state index contributed by atoms with van der Waals surface area (Å²) in [5.41, 5.74) is 3.07. The highest BCUT2D eigenvalue weighted by Crippen LogP contribution is 2.40. The van der Waals surface area contributed by atoms with Crippen molar-refractivity contribution in [2.45, 2.75) is 9.79 Å². The van der Waals surface area contributed by atoms with E-state index in [1.807, 2.05) is 36.4 Å². The second-order valence-electron chi connectivity index (χ2n) is 3.98. The third kappa shape index (κ3) is 1.95. The Bertz CT molecular complexity index is 692. The van der Waals surface area contributed by atoms with Gasteiger partial charge in [0, 0.05) is 26.0 Å². The zero-order valence-corrected chi connectivity index (χ0v) is 11.1. The number of terminal acetylenes is 1. The van der Waals surface area contributed by atoms with Crippen molar-refractivity contribution in [3.8, 4) is 12.3 Å². The summed E-state index contributed by atoms with van der Waals surface area (Å²) in [6.07, 6.45) is 7.67. The van der Waals surface area contributed by atoms with Crippen molar-refractivity contribution in [1.29, 1.82) is 0 Å². The lowest BCUT2D eigenvalue weighted by Gasteiger charge is -2.06. The van der Waals surface area contributed by atoms with Crippen molar-refractivity contribution in [3.05, 3.63) is 58.6 Å². The Morgan fingerprint density at radius 1 is 1.06 bits per heavy atom. The fraction of sp³-hybridized carbons (Fsp3) is 0. The van der Waals surface area contributed by atoms with Crippen LogP contribution in [0.4, 0.5) is 0 Å². The van der Waals surface area contributed by atoms with Crippen LogP contribution in [-0.2, 0) is 0 Å². The molecule has 0 bridgehead atoms. The first kappa shape index (κ1) is 11.5. The van der Waals surface area contributed by atoms with Gasteiger partial charge in [0.2, 0.25) is 0 Å². The smallest absolute Gasteiger partial charge is 0.0413 e. The van der Waals surface area contributed by atoms with E-state index >= 15 is 0 Å². The van der Waals surface area contributed by atoms with Crippen LogP contribution in [0, 0.1) is 12.3 Å². The van der Waals surface area contributed by atoms with Crippen LogP contribution in [0.15, 0.2) is 52.3 Å². The molecule has 3 rings (SSSR count). The molecule has 2 aromatic carbocycles. The maximum atomic E-state index is 6.06. The lowest BCUT2D eigenvalue weighted by molar-refractivity contribution is 1.38. The van der Waals surface area contributed by atoms with Crippen LogP contribution in [0.2, 0.25) is 5.02 Å². The number of benzene rings is 2. The Hall–Kier alpha value is -1.62. The molecule has 1 aliphatic heterocycles. The van der Waals surface area contributed by atoms with Crippen LogP contribution >= 0.6 is 23.4 Å². The van der Waals surface area contributed by atoms with Gasteiger partial charge in [-0.1, -0.05) is 47.5 Å². The Balaban J connectivity index is 2.29. The van der Waals surface area contributed by atoms with Gasteiger partial charge in [-0.15, -0.1) is 6.42 Å². The van der Waals surface area contributed by atoms with E-state index in [4.69, 9.17) is 18.0 Å². The molecule has 0 nitrogen and oxygen atoms in total. The van der Waals surface area contributed by atoms with Crippen molar-refractivity contribution >= 4 is 35.0 Å². The van der Waals surface area contributed by atoms with Gasteiger partial charge < -0.3 is 0 Å². The molecule has 1 aliphatic rings. The lowest BCUT2D eigenvalue weighted by Crippen LogP contribution is -1.83. The molecule has 0 spiro atoms. The molecule has 18 heavy (non-hydrogen) atoms. The second kappa shape index (κ2) is 4.57. The molecule has 0 saturated heterocycles. The molecule has 0 aromatic heterocycles. The summed E-state index contributed by atoms with van der Waals surface area (Å²) in [5.74, 6) is 2.76. The first-order chi connectivity index (χ1) is 8.78. The van der Waals surface area contributed by atoms with Crippen LogP contribution in [0.5, 0.6) is 0 Å². The number of halogens is 1. The maximum Gasteiger partial charge on any atom is 0.0413 e. The van der Waals surface area contributed by atoms with Crippen molar-refractivity contribution in [1.82, 2.24) is 0 Å². The number of fused-ring (bicyclic) bond motifs is 2. The SMILES string of the molecule is C#CC1=Cc2ccccc2Sc2ccc(Cl)cc21. The molecule has 0 atom stereocenters. The van der Waals surface area contributed by atoms with E-state index in [1.165, 1.54) is 4.90 Å². The van der Waals surface area contributed by atoms with E-state index in [0.717, 1.165) is 21.6 Å². The molecule has 2 heteroatoms. The normalized spacial score (nSPS) is 12.8. The summed E-state index contributed by atoms with van der Waals surface area (Å²) < 4.78 is 0. The van der Waals surface area contributed by atoms with E-state index in [9.17, 15) is 0 Å².